The normalized spacial score (nSPS) is 14.4. The molecule has 3 rings (SSSR count). The minimum atomic E-state index is -0.175. The molecule has 8 heteroatoms. The van der Waals surface area contributed by atoms with Gasteiger partial charge in [0, 0.05) is 36.9 Å². The fraction of sp³-hybridized carbons (Fsp3) is 0.250. The molecule has 124 valence electrons. The van der Waals surface area contributed by atoms with E-state index in [1.165, 1.54) is 12.4 Å². The maximum absolute atomic E-state index is 12.4. The standard InChI is InChI=1S/C16H16ClN5O2/c17-12-1-3-13(4-2-12)20-15-10-18-14(9-19-15)16(24)22-7-5-21(11-23)6-8-22/h1-4,9-11H,5-8H2,(H,19,20). The van der Waals surface area contributed by atoms with Gasteiger partial charge in [0.25, 0.3) is 5.91 Å². The van der Waals surface area contributed by atoms with E-state index in [4.69, 9.17) is 11.6 Å². The zero-order valence-electron chi connectivity index (χ0n) is 12.9. The van der Waals surface area contributed by atoms with Crippen LogP contribution in [0.5, 0.6) is 0 Å². The lowest BCUT2D eigenvalue weighted by Crippen LogP contribution is -2.48. The van der Waals surface area contributed by atoms with Gasteiger partial charge in [0.2, 0.25) is 6.41 Å². The van der Waals surface area contributed by atoms with Gasteiger partial charge in [-0.25, -0.2) is 9.97 Å². The highest BCUT2D eigenvalue weighted by Crippen LogP contribution is 2.17. The molecule has 1 fully saturated rings. The van der Waals surface area contributed by atoms with Crippen LogP contribution in [0.3, 0.4) is 0 Å². The SMILES string of the molecule is O=CN1CCN(C(=O)c2cnc(Nc3ccc(Cl)cc3)cn2)CC1. The Hall–Kier alpha value is -2.67. The first-order chi connectivity index (χ1) is 11.7. The number of nitrogens with zero attached hydrogens (tertiary/aromatic N) is 4. The number of nitrogens with one attached hydrogen (secondary N) is 1. The van der Waals surface area contributed by atoms with E-state index in [0.717, 1.165) is 12.1 Å². The third-order valence-electron chi connectivity index (χ3n) is 3.74. The van der Waals surface area contributed by atoms with Crippen LogP contribution in [0.2, 0.25) is 5.02 Å². The van der Waals surface area contributed by atoms with Crippen LogP contribution in [-0.2, 0) is 4.79 Å². The summed E-state index contributed by atoms with van der Waals surface area (Å²) in [5.74, 6) is 0.366. The molecule has 1 aromatic carbocycles. The average Bonchev–Trinajstić information content (AvgIpc) is 2.64. The van der Waals surface area contributed by atoms with Crippen LogP contribution < -0.4 is 5.32 Å². The van der Waals surface area contributed by atoms with Crippen LogP contribution in [0.15, 0.2) is 36.7 Å². The molecule has 0 unspecified atom stereocenters. The van der Waals surface area contributed by atoms with Gasteiger partial charge >= 0.3 is 0 Å². The lowest BCUT2D eigenvalue weighted by atomic mass is 10.3. The van der Waals surface area contributed by atoms with E-state index >= 15 is 0 Å². The smallest absolute Gasteiger partial charge is 0.274 e. The maximum Gasteiger partial charge on any atom is 0.274 e. The monoisotopic (exact) mass is 345 g/mol. The van der Waals surface area contributed by atoms with Crippen molar-refractivity contribution >= 4 is 35.4 Å². The minimum Gasteiger partial charge on any atom is -0.342 e. The zero-order chi connectivity index (χ0) is 16.9. The van der Waals surface area contributed by atoms with Crippen molar-refractivity contribution in [3.63, 3.8) is 0 Å². The van der Waals surface area contributed by atoms with Crippen LogP contribution in [0.1, 0.15) is 10.5 Å². The van der Waals surface area contributed by atoms with E-state index in [-0.39, 0.29) is 11.6 Å². The van der Waals surface area contributed by atoms with Gasteiger partial charge in [0.15, 0.2) is 0 Å². The van der Waals surface area contributed by atoms with Gasteiger partial charge in [-0.15, -0.1) is 0 Å². The second-order valence-electron chi connectivity index (χ2n) is 5.35. The van der Waals surface area contributed by atoms with E-state index in [9.17, 15) is 9.59 Å². The number of hydrogen-bond donors (Lipinski definition) is 1. The number of carbonyl (C=O) groups excluding carboxylic acids is 2. The summed E-state index contributed by atoms with van der Waals surface area (Å²) in [5, 5.41) is 3.74. The number of aromatic nitrogens is 2. The van der Waals surface area contributed by atoms with Crippen LogP contribution in [-0.4, -0.2) is 58.3 Å². The van der Waals surface area contributed by atoms with Crippen molar-refractivity contribution in [1.82, 2.24) is 19.8 Å². The van der Waals surface area contributed by atoms with Crippen molar-refractivity contribution in [2.45, 2.75) is 0 Å². The Labute approximate surface area is 144 Å². The molecular formula is C16H16ClN5O2. The first-order valence-corrected chi connectivity index (χ1v) is 7.87. The lowest BCUT2D eigenvalue weighted by Gasteiger charge is -2.32. The number of anilines is 2. The van der Waals surface area contributed by atoms with Crippen molar-refractivity contribution in [2.24, 2.45) is 0 Å². The summed E-state index contributed by atoms with van der Waals surface area (Å²) in [4.78, 5) is 34.8. The first kappa shape index (κ1) is 16.2. The summed E-state index contributed by atoms with van der Waals surface area (Å²) < 4.78 is 0. The van der Waals surface area contributed by atoms with Gasteiger partial charge in [0.1, 0.15) is 11.5 Å². The molecular weight excluding hydrogens is 330 g/mol. The van der Waals surface area contributed by atoms with Crippen molar-refractivity contribution in [2.75, 3.05) is 31.5 Å². The highest BCUT2D eigenvalue weighted by atomic mass is 35.5. The molecule has 0 aliphatic carbocycles. The van der Waals surface area contributed by atoms with Gasteiger partial charge in [-0.3, -0.25) is 9.59 Å². The number of amides is 2. The summed E-state index contributed by atoms with van der Waals surface area (Å²) in [5.41, 5.74) is 1.12. The minimum absolute atomic E-state index is 0.175. The number of benzene rings is 1. The van der Waals surface area contributed by atoms with E-state index < -0.39 is 0 Å². The highest BCUT2D eigenvalue weighted by molar-refractivity contribution is 6.30. The first-order valence-electron chi connectivity index (χ1n) is 7.49. The Morgan fingerprint density at radius 3 is 2.38 bits per heavy atom. The second kappa shape index (κ2) is 7.27. The van der Waals surface area contributed by atoms with Gasteiger partial charge in [0.05, 0.1) is 12.4 Å². The van der Waals surface area contributed by atoms with Crippen molar-refractivity contribution in [3.8, 4) is 0 Å². The molecule has 2 amide bonds. The molecule has 0 saturated carbocycles. The Kier molecular flexibility index (Phi) is 4.90. The average molecular weight is 346 g/mol. The second-order valence-corrected chi connectivity index (χ2v) is 5.79. The van der Waals surface area contributed by atoms with Gasteiger partial charge in [-0.1, -0.05) is 11.6 Å². The Morgan fingerprint density at radius 2 is 1.79 bits per heavy atom. The van der Waals surface area contributed by atoms with Gasteiger partial charge in [-0.05, 0) is 24.3 Å². The molecule has 24 heavy (non-hydrogen) atoms. The summed E-state index contributed by atoms with van der Waals surface area (Å²) in [6.07, 6.45) is 3.77. The van der Waals surface area contributed by atoms with Crippen LogP contribution in [0, 0.1) is 0 Å². The maximum atomic E-state index is 12.4. The van der Waals surface area contributed by atoms with Crippen molar-refractivity contribution in [1.29, 1.82) is 0 Å². The summed E-state index contributed by atoms with van der Waals surface area (Å²) >= 11 is 5.84. The predicted molar refractivity (Wildman–Crippen MR) is 90.3 cm³/mol. The number of rotatable bonds is 4. The predicted octanol–water partition coefficient (Wildman–Crippen LogP) is 1.79. The third-order valence-corrected chi connectivity index (χ3v) is 3.99. The molecule has 1 N–H and O–H groups in total. The largest absolute Gasteiger partial charge is 0.342 e. The summed E-state index contributed by atoms with van der Waals surface area (Å²) in [6, 6.07) is 7.20. The third kappa shape index (κ3) is 3.80. The van der Waals surface area contributed by atoms with Crippen molar-refractivity contribution in [3.05, 3.63) is 47.4 Å². The number of carbonyl (C=O) groups is 2. The molecule has 7 nitrogen and oxygen atoms in total. The van der Waals surface area contributed by atoms with E-state index in [2.05, 4.69) is 15.3 Å². The molecule has 0 bridgehead atoms. The molecule has 0 radical (unpaired) electrons. The quantitative estimate of drug-likeness (QED) is 0.855. The zero-order valence-corrected chi connectivity index (χ0v) is 13.6. The molecule has 1 aromatic heterocycles. The Morgan fingerprint density at radius 1 is 1.08 bits per heavy atom. The number of hydrogen-bond acceptors (Lipinski definition) is 5. The topological polar surface area (TPSA) is 78.4 Å². The lowest BCUT2D eigenvalue weighted by molar-refractivity contribution is -0.119. The van der Waals surface area contributed by atoms with Gasteiger partial charge in [-0.2, -0.15) is 0 Å². The Bertz CT molecular complexity index is 712. The molecule has 1 saturated heterocycles. The number of halogens is 1. The van der Waals surface area contributed by atoms with Gasteiger partial charge < -0.3 is 15.1 Å². The van der Waals surface area contributed by atoms with E-state index in [0.29, 0.717) is 37.0 Å². The fourth-order valence-corrected chi connectivity index (χ4v) is 2.50. The van der Waals surface area contributed by atoms with Crippen molar-refractivity contribution < 1.29 is 9.59 Å². The molecule has 1 aliphatic rings. The molecule has 0 atom stereocenters. The summed E-state index contributed by atoms with van der Waals surface area (Å²) in [7, 11) is 0. The molecule has 0 spiro atoms. The fourth-order valence-electron chi connectivity index (χ4n) is 2.38. The summed E-state index contributed by atoms with van der Waals surface area (Å²) in [6.45, 7) is 2.09. The molecule has 2 heterocycles. The highest BCUT2D eigenvalue weighted by Gasteiger charge is 2.22. The van der Waals surface area contributed by atoms with E-state index in [1.807, 2.05) is 12.1 Å². The molecule has 1 aliphatic heterocycles. The van der Waals surface area contributed by atoms with E-state index in [1.54, 1.807) is 21.9 Å². The Balaban J connectivity index is 1.62. The van der Waals surface area contributed by atoms with Crippen LogP contribution in [0.25, 0.3) is 0 Å². The van der Waals surface area contributed by atoms with Crippen LogP contribution in [0.4, 0.5) is 11.5 Å². The van der Waals surface area contributed by atoms with Crippen LogP contribution >= 0.6 is 11.6 Å². The molecule has 2 aromatic rings. The number of piperazine rings is 1.